The van der Waals surface area contributed by atoms with Crippen molar-refractivity contribution in [3.05, 3.63) is 70.4 Å². The fraction of sp³-hybridized carbons (Fsp3) is 0.375. The van der Waals surface area contributed by atoms with E-state index in [1.807, 2.05) is 0 Å². The molecule has 1 aromatic heterocycles. The highest BCUT2D eigenvalue weighted by molar-refractivity contribution is 7.89. The molecule has 2 heterocycles. The van der Waals surface area contributed by atoms with E-state index in [0.717, 1.165) is 12.8 Å². The predicted molar refractivity (Wildman–Crippen MR) is 129 cm³/mol. The van der Waals surface area contributed by atoms with Crippen molar-refractivity contribution in [2.24, 2.45) is 5.92 Å². The molecule has 4 rings (SSSR count). The number of amides is 1. The average molecular weight is 485 g/mol. The number of nitro benzene ring substituents is 1. The minimum Gasteiger partial charge on any atom is -0.361 e. The number of benzene rings is 2. The molecule has 1 atom stereocenters. The predicted octanol–water partition coefficient (Wildman–Crippen LogP) is 3.61. The first-order valence-electron chi connectivity index (χ1n) is 11.3. The van der Waals surface area contributed by atoms with Crippen molar-refractivity contribution in [1.82, 2.24) is 14.6 Å². The van der Waals surface area contributed by atoms with Crippen LogP contribution in [0.4, 0.5) is 5.69 Å². The van der Waals surface area contributed by atoms with Gasteiger partial charge in [-0.3, -0.25) is 14.9 Å². The number of H-pyrrole nitrogens is 1. The number of carbonyl (C=O) groups excluding carboxylic acids is 1. The summed E-state index contributed by atoms with van der Waals surface area (Å²) in [5, 5.41) is 11.7. The minimum absolute atomic E-state index is 0.0369. The molecule has 1 unspecified atom stereocenters. The van der Waals surface area contributed by atoms with Crippen molar-refractivity contribution in [1.29, 1.82) is 0 Å². The molecular weight excluding hydrogens is 456 g/mol. The van der Waals surface area contributed by atoms with Crippen LogP contribution in [0.5, 0.6) is 0 Å². The largest absolute Gasteiger partial charge is 0.361 e. The van der Waals surface area contributed by atoms with Crippen molar-refractivity contribution in [2.45, 2.75) is 43.5 Å². The van der Waals surface area contributed by atoms with Crippen LogP contribution in [0.3, 0.4) is 0 Å². The van der Waals surface area contributed by atoms with Crippen LogP contribution in [-0.4, -0.2) is 48.3 Å². The van der Waals surface area contributed by atoms with Gasteiger partial charge >= 0.3 is 0 Å². The molecule has 1 saturated heterocycles. The molecule has 1 aliphatic heterocycles. The molecule has 34 heavy (non-hydrogen) atoms. The minimum atomic E-state index is -4.00. The first-order chi connectivity index (χ1) is 16.2. The summed E-state index contributed by atoms with van der Waals surface area (Å²) in [4.78, 5) is 28.9. The number of piperidine rings is 1. The van der Waals surface area contributed by atoms with E-state index in [4.69, 9.17) is 0 Å². The lowest BCUT2D eigenvalue weighted by Gasteiger charge is -2.33. The van der Waals surface area contributed by atoms with Crippen LogP contribution in [0.1, 0.15) is 31.7 Å². The Hall–Kier alpha value is -3.24. The Morgan fingerprint density at radius 1 is 1.21 bits per heavy atom. The summed E-state index contributed by atoms with van der Waals surface area (Å²) in [5.74, 6) is 0.261. The standard InChI is InChI=1S/C24H28N4O5S/c1-17-11-14-27(15-12-17)24(29)22(9-8-18-4-2-5-19(16-18)28(30)31)26-34(32,33)23-7-3-6-21-20(23)10-13-25-21/h2-7,10,13,16-17,22,25-26H,8-9,11-12,14-15H2,1H3. The fourth-order valence-corrected chi connectivity index (χ4v) is 5.81. The first kappa shape index (κ1) is 23.9. The zero-order chi connectivity index (χ0) is 24.3. The van der Waals surface area contributed by atoms with E-state index in [9.17, 15) is 23.3 Å². The fourth-order valence-electron chi connectivity index (χ4n) is 4.36. The third-order valence-electron chi connectivity index (χ3n) is 6.38. The maximum atomic E-state index is 13.4. The molecule has 0 bridgehead atoms. The van der Waals surface area contributed by atoms with Gasteiger partial charge in [0.2, 0.25) is 15.9 Å². The number of likely N-dealkylation sites (tertiary alicyclic amines) is 1. The summed E-state index contributed by atoms with van der Waals surface area (Å²) in [6, 6.07) is 11.9. The number of fused-ring (bicyclic) bond motifs is 1. The van der Waals surface area contributed by atoms with Crippen LogP contribution < -0.4 is 4.72 Å². The van der Waals surface area contributed by atoms with E-state index in [1.165, 1.54) is 18.2 Å². The van der Waals surface area contributed by atoms with E-state index in [-0.39, 0.29) is 22.9 Å². The highest BCUT2D eigenvalue weighted by Gasteiger charge is 2.31. The van der Waals surface area contributed by atoms with Crippen molar-refractivity contribution in [3.63, 3.8) is 0 Å². The SMILES string of the molecule is CC1CCN(C(=O)C(CCc2cccc([N+](=O)[O-])c2)NS(=O)(=O)c2cccc3[nH]ccc23)CC1. The lowest BCUT2D eigenvalue weighted by Crippen LogP contribution is -2.50. The van der Waals surface area contributed by atoms with Crippen LogP contribution in [0.15, 0.2) is 59.6 Å². The highest BCUT2D eigenvalue weighted by Crippen LogP contribution is 2.24. The molecule has 180 valence electrons. The Kier molecular flexibility index (Phi) is 6.99. The molecule has 9 nitrogen and oxygen atoms in total. The summed E-state index contributed by atoms with van der Waals surface area (Å²) in [7, 11) is -4.00. The number of rotatable bonds is 8. The molecule has 0 saturated carbocycles. The molecule has 1 amide bonds. The number of hydrogen-bond donors (Lipinski definition) is 2. The van der Waals surface area contributed by atoms with E-state index < -0.39 is 21.0 Å². The summed E-state index contributed by atoms with van der Waals surface area (Å²) < 4.78 is 29.4. The van der Waals surface area contributed by atoms with Gasteiger partial charge in [0, 0.05) is 42.3 Å². The van der Waals surface area contributed by atoms with Crippen LogP contribution in [-0.2, 0) is 21.2 Å². The second-order valence-corrected chi connectivity index (χ2v) is 10.5. The van der Waals surface area contributed by atoms with E-state index >= 15 is 0 Å². The van der Waals surface area contributed by atoms with Gasteiger partial charge in [0.1, 0.15) is 6.04 Å². The Labute approximate surface area is 198 Å². The number of hydrogen-bond acceptors (Lipinski definition) is 5. The lowest BCUT2D eigenvalue weighted by atomic mass is 9.98. The number of nitrogens with one attached hydrogen (secondary N) is 2. The third kappa shape index (κ3) is 5.28. The van der Waals surface area contributed by atoms with Crippen molar-refractivity contribution >= 4 is 32.5 Å². The zero-order valence-electron chi connectivity index (χ0n) is 18.9. The Morgan fingerprint density at radius 3 is 2.68 bits per heavy atom. The number of carbonyl (C=O) groups is 1. The van der Waals surface area contributed by atoms with Crippen LogP contribution in [0.25, 0.3) is 10.9 Å². The number of aryl methyl sites for hydroxylation is 1. The third-order valence-corrected chi connectivity index (χ3v) is 7.91. The molecule has 1 fully saturated rings. The second-order valence-electron chi connectivity index (χ2n) is 8.84. The van der Waals surface area contributed by atoms with Gasteiger partial charge in [0.25, 0.3) is 5.69 Å². The zero-order valence-corrected chi connectivity index (χ0v) is 19.8. The summed E-state index contributed by atoms with van der Waals surface area (Å²) in [5.41, 5.74) is 1.32. The van der Waals surface area contributed by atoms with Crippen LogP contribution >= 0.6 is 0 Å². The number of nitrogens with zero attached hydrogens (tertiary/aromatic N) is 2. The molecule has 2 aromatic carbocycles. The first-order valence-corrected chi connectivity index (χ1v) is 12.8. The maximum absolute atomic E-state index is 13.4. The second kappa shape index (κ2) is 9.94. The normalized spacial score (nSPS) is 16.0. The van der Waals surface area contributed by atoms with E-state index in [1.54, 1.807) is 41.4 Å². The lowest BCUT2D eigenvalue weighted by molar-refractivity contribution is -0.384. The molecule has 0 spiro atoms. The van der Waals surface area contributed by atoms with Gasteiger partial charge in [-0.15, -0.1) is 0 Å². The summed E-state index contributed by atoms with van der Waals surface area (Å²) in [6.45, 7) is 3.31. The monoisotopic (exact) mass is 484 g/mol. The quantitative estimate of drug-likeness (QED) is 0.373. The van der Waals surface area contributed by atoms with Gasteiger partial charge in [-0.05, 0) is 55.4 Å². The van der Waals surface area contributed by atoms with Crippen molar-refractivity contribution < 1.29 is 18.1 Å². The van der Waals surface area contributed by atoms with Gasteiger partial charge in [0.15, 0.2) is 0 Å². The van der Waals surface area contributed by atoms with E-state index in [0.29, 0.717) is 41.9 Å². The number of sulfonamides is 1. The van der Waals surface area contributed by atoms with Crippen LogP contribution in [0, 0.1) is 16.0 Å². The van der Waals surface area contributed by atoms with Gasteiger partial charge in [-0.2, -0.15) is 4.72 Å². The van der Waals surface area contributed by atoms with Gasteiger partial charge in [-0.1, -0.05) is 25.1 Å². The van der Waals surface area contributed by atoms with Gasteiger partial charge < -0.3 is 9.88 Å². The molecular formula is C24H28N4O5S. The van der Waals surface area contributed by atoms with Gasteiger partial charge in [0.05, 0.1) is 9.82 Å². The number of aromatic amines is 1. The van der Waals surface area contributed by atoms with Gasteiger partial charge in [-0.25, -0.2) is 8.42 Å². The molecule has 1 aliphatic rings. The molecule has 10 heteroatoms. The Bertz CT molecular complexity index is 1300. The molecule has 0 aliphatic carbocycles. The number of nitro groups is 1. The smallest absolute Gasteiger partial charge is 0.269 e. The summed E-state index contributed by atoms with van der Waals surface area (Å²) in [6.07, 6.45) is 3.93. The molecule has 0 radical (unpaired) electrons. The van der Waals surface area contributed by atoms with Crippen molar-refractivity contribution in [3.8, 4) is 0 Å². The topological polar surface area (TPSA) is 125 Å². The number of aromatic nitrogens is 1. The summed E-state index contributed by atoms with van der Waals surface area (Å²) >= 11 is 0. The van der Waals surface area contributed by atoms with Crippen LogP contribution in [0.2, 0.25) is 0 Å². The Morgan fingerprint density at radius 2 is 1.94 bits per heavy atom. The molecule has 3 aromatic rings. The highest BCUT2D eigenvalue weighted by atomic mass is 32.2. The Balaban J connectivity index is 1.59. The molecule has 2 N–H and O–H groups in total. The van der Waals surface area contributed by atoms with Crippen molar-refractivity contribution in [2.75, 3.05) is 13.1 Å². The van der Waals surface area contributed by atoms with E-state index in [2.05, 4.69) is 16.6 Å². The average Bonchev–Trinajstić information content (AvgIpc) is 3.31. The number of non-ortho nitro benzene ring substituents is 1. The maximum Gasteiger partial charge on any atom is 0.269 e.